The summed E-state index contributed by atoms with van der Waals surface area (Å²) in [7, 11) is 0. The number of hydrogen-bond donors (Lipinski definition) is 2. The van der Waals surface area contributed by atoms with Crippen molar-refractivity contribution < 1.29 is 14.7 Å². The number of carboxylic acids is 1. The molecule has 2 N–H and O–H groups in total. The molecule has 1 aliphatic heterocycles. The third kappa shape index (κ3) is 2.55. The second-order valence-electron chi connectivity index (χ2n) is 4.33. The smallest absolute Gasteiger partial charge is 0.324 e. The van der Waals surface area contributed by atoms with Crippen LogP contribution < -0.4 is 5.32 Å². The molecule has 2 heterocycles. The molecule has 2 rings (SSSR count). The molecule has 0 radical (unpaired) electrons. The number of aromatic nitrogens is 2. The molecule has 0 saturated carbocycles. The van der Waals surface area contributed by atoms with E-state index >= 15 is 0 Å². The highest BCUT2D eigenvalue weighted by Crippen LogP contribution is 2.23. The highest BCUT2D eigenvalue weighted by Gasteiger charge is 2.37. The number of carbonyl (C=O) groups excluding carboxylic acids is 1. The summed E-state index contributed by atoms with van der Waals surface area (Å²) in [6.07, 6.45) is 3.05. The number of amides is 2. The maximum Gasteiger partial charge on any atom is 0.324 e. The number of carbonyl (C=O) groups is 2. The van der Waals surface area contributed by atoms with E-state index in [2.05, 4.69) is 15.3 Å². The van der Waals surface area contributed by atoms with Crippen LogP contribution in [0.15, 0.2) is 18.5 Å². The van der Waals surface area contributed by atoms with Gasteiger partial charge in [-0.2, -0.15) is 0 Å². The van der Waals surface area contributed by atoms with Gasteiger partial charge < -0.3 is 10.0 Å². The van der Waals surface area contributed by atoms with E-state index in [-0.39, 0.29) is 24.4 Å². The van der Waals surface area contributed by atoms with Gasteiger partial charge in [0.2, 0.25) is 5.95 Å². The van der Waals surface area contributed by atoms with Crippen LogP contribution in [-0.4, -0.2) is 45.1 Å². The maximum absolute atomic E-state index is 11.9. The summed E-state index contributed by atoms with van der Waals surface area (Å²) in [5.74, 6) is -1.21. The Morgan fingerprint density at radius 3 is 2.61 bits per heavy atom. The molecule has 2 atom stereocenters. The van der Waals surface area contributed by atoms with Gasteiger partial charge in [0.15, 0.2) is 0 Å². The molecule has 7 heteroatoms. The minimum Gasteiger partial charge on any atom is -0.481 e. The predicted molar refractivity (Wildman–Crippen MR) is 62.9 cm³/mol. The van der Waals surface area contributed by atoms with E-state index in [1.54, 1.807) is 6.07 Å². The molecule has 1 saturated heterocycles. The minimum absolute atomic E-state index is 0.0510. The van der Waals surface area contributed by atoms with E-state index in [4.69, 9.17) is 5.11 Å². The van der Waals surface area contributed by atoms with Crippen molar-refractivity contribution in [2.75, 3.05) is 18.4 Å². The lowest BCUT2D eigenvalue weighted by Gasteiger charge is -2.15. The summed E-state index contributed by atoms with van der Waals surface area (Å²) < 4.78 is 0. The molecule has 1 aromatic heterocycles. The highest BCUT2D eigenvalue weighted by atomic mass is 16.4. The summed E-state index contributed by atoms with van der Waals surface area (Å²) in [6.45, 7) is 2.47. The molecule has 18 heavy (non-hydrogen) atoms. The fourth-order valence-electron chi connectivity index (χ4n) is 1.99. The van der Waals surface area contributed by atoms with Gasteiger partial charge in [0, 0.05) is 25.5 Å². The number of anilines is 1. The molecule has 0 bridgehead atoms. The van der Waals surface area contributed by atoms with Crippen LogP contribution in [0.1, 0.15) is 6.92 Å². The molecule has 0 spiro atoms. The third-order valence-corrected chi connectivity index (χ3v) is 3.00. The van der Waals surface area contributed by atoms with Gasteiger partial charge >= 0.3 is 12.0 Å². The molecule has 0 aromatic carbocycles. The number of rotatable bonds is 2. The zero-order valence-electron chi connectivity index (χ0n) is 9.91. The molecular formula is C11H14N4O3. The summed E-state index contributed by atoms with van der Waals surface area (Å²) in [4.78, 5) is 32.1. The number of nitrogens with one attached hydrogen (secondary N) is 1. The number of likely N-dealkylation sites (tertiary alicyclic amines) is 1. The Bertz CT molecular complexity index is 451. The van der Waals surface area contributed by atoms with Gasteiger partial charge in [0.1, 0.15) is 0 Å². The monoisotopic (exact) mass is 250 g/mol. The normalized spacial score (nSPS) is 22.8. The number of carboxylic acid groups (broad SMARTS) is 1. The fourth-order valence-corrected chi connectivity index (χ4v) is 1.99. The van der Waals surface area contributed by atoms with Crippen molar-refractivity contribution in [2.24, 2.45) is 11.8 Å². The molecule has 1 aromatic rings. The van der Waals surface area contributed by atoms with Crippen molar-refractivity contribution in [2.45, 2.75) is 6.92 Å². The molecular weight excluding hydrogens is 236 g/mol. The van der Waals surface area contributed by atoms with Crippen molar-refractivity contribution in [1.29, 1.82) is 0 Å². The number of urea groups is 1. The van der Waals surface area contributed by atoms with Crippen LogP contribution in [0.3, 0.4) is 0 Å². The van der Waals surface area contributed by atoms with E-state index < -0.39 is 11.9 Å². The summed E-state index contributed by atoms with van der Waals surface area (Å²) in [5.41, 5.74) is 0. The fraction of sp³-hybridized carbons (Fsp3) is 0.455. The molecule has 1 aliphatic rings. The third-order valence-electron chi connectivity index (χ3n) is 3.00. The topological polar surface area (TPSA) is 95.4 Å². The van der Waals surface area contributed by atoms with Crippen LogP contribution >= 0.6 is 0 Å². The Morgan fingerprint density at radius 2 is 2.06 bits per heavy atom. The van der Waals surface area contributed by atoms with Gasteiger partial charge in [-0.1, -0.05) is 6.92 Å². The lowest BCUT2D eigenvalue weighted by atomic mass is 9.99. The van der Waals surface area contributed by atoms with E-state index in [1.165, 1.54) is 17.3 Å². The van der Waals surface area contributed by atoms with Crippen LogP contribution in [0.2, 0.25) is 0 Å². The molecule has 2 amide bonds. The second kappa shape index (κ2) is 4.99. The average Bonchev–Trinajstić information content (AvgIpc) is 2.73. The molecule has 96 valence electrons. The van der Waals surface area contributed by atoms with E-state index in [0.717, 1.165) is 0 Å². The van der Waals surface area contributed by atoms with Gasteiger partial charge in [-0.25, -0.2) is 14.8 Å². The minimum atomic E-state index is -0.867. The van der Waals surface area contributed by atoms with Crippen molar-refractivity contribution in [3.8, 4) is 0 Å². The quantitative estimate of drug-likeness (QED) is 0.804. The summed E-state index contributed by atoms with van der Waals surface area (Å²) >= 11 is 0. The number of nitrogens with zero attached hydrogens (tertiary/aromatic N) is 3. The SMILES string of the molecule is C[C@@H]1CN(C(=O)Nc2ncccn2)C[C@H]1C(=O)O. The van der Waals surface area contributed by atoms with Crippen molar-refractivity contribution in [1.82, 2.24) is 14.9 Å². The Kier molecular flexibility index (Phi) is 3.40. The first-order valence-electron chi connectivity index (χ1n) is 5.63. The van der Waals surface area contributed by atoms with E-state index in [0.29, 0.717) is 6.54 Å². The summed E-state index contributed by atoms with van der Waals surface area (Å²) in [5, 5.41) is 11.5. The zero-order valence-corrected chi connectivity index (χ0v) is 9.91. The van der Waals surface area contributed by atoms with E-state index in [1.807, 2.05) is 6.92 Å². The first-order valence-corrected chi connectivity index (χ1v) is 5.63. The highest BCUT2D eigenvalue weighted by molar-refractivity contribution is 5.88. The van der Waals surface area contributed by atoms with Crippen LogP contribution in [0.4, 0.5) is 10.7 Å². The number of hydrogen-bond acceptors (Lipinski definition) is 4. The predicted octanol–water partition coefficient (Wildman–Crippen LogP) is 0.661. The van der Waals surface area contributed by atoms with Crippen LogP contribution in [0.25, 0.3) is 0 Å². The van der Waals surface area contributed by atoms with Crippen LogP contribution in [0.5, 0.6) is 0 Å². The Hall–Kier alpha value is -2.18. The maximum atomic E-state index is 11.9. The Morgan fingerprint density at radius 1 is 1.39 bits per heavy atom. The number of aliphatic carboxylic acids is 1. The van der Waals surface area contributed by atoms with Crippen LogP contribution in [-0.2, 0) is 4.79 Å². The van der Waals surface area contributed by atoms with Gasteiger partial charge in [0.05, 0.1) is 5.92 Å². The molecule has 0 unspecified atom stereocenters. The largest absolute Gasteiger partial charge is 0.481 e. The standard InChI is InChI=1S/C11H14N4O3/c1-7-5-15(6-8(7)9(16)17)11(18)14-10-12-3-2-4-13-10/h2-4,7-8H,5-6H2,1H3,(H,16,17)(H,12,13,14,18)/t7-,8-/m1/s1. The average molecular weight is 250 g/mol. The molecule has 0 aliphatic carbocycles. The van der Waals surface area contributed by atoms with Crippen molar-refractivity contribution in [3.63, 3.8) is 0 Å². The zero-order chi connectivity index (χ0) is 13.1. The molecule has 7 nitrogen and oxygen atoms in total. The van der Waals surface area contributed by atoms with Crippen molar-refractivity contribution >= 4 is 17.9 Å². The lowest BCUT2D eigenvalue weighted by Crippen LogP contribution is -2.34. The van der Waals surface area contributed by atoms with Crippen molar-refractivity contribution in [3.05, 3.63) is 18.5 Å². The van der Waals surface area contributed by atoms with Gasteiger partial charge in [-0.3, -0.25) is 10.1 Å². The van der Waals surface area contributed by atoms with Gasteiger partial charge in [0.25, 0.3) is 0 Å². The van der Waals surface area contributed by atoms with E-state index in [9.17, 15) is 9.59 Å². The first kappa shape index (κ1) is 12.3. The first-order chi connectivity index (χ1) is 8.58. The van der Waals surface area contributed by atoms with Gasteiger partial charge in [-0.15, -0.1) is 0 Å². The van der Waals surface area contributed by atoms with Crippen LogP contribution in [0, 0.1) is 11.8 Å². The Balaban J connectivity index is 1.97. The lowest BCUT2D eigenvalue weighted by molar-refractivity contribution is -0.142. The Labute approximate surface area is 104 Å². The second-order valence-corrected chi connectivity index (χ2v) is 4.33. The van der Waals surface area contributed by atoms with Gasteiger partial charge in [-0.05, 0) is 12.0 Å². The summed E-state index contributed by atoms with van der Waals surface area (Å²) in [6, 6.07) is 1.28. The molecule has 1 fully saturated rings.